The van der Waals surface area contributed by atoms with Gasteiger partial charge in [0.25, 0.3) is 0 Å². The minimum absolute atomic E-state index is 0.0440. The first-order valence-corrected chi connectivity index (χ1v) is 3.34. The van der Waals surface area contributed by atoms with Crippen LogP contribution >= 0.6 is 0 Å². The van der Waals surface area contributed by atoms with E-state index in [9.17, 15) is 4.79 Å². The molecule has 0 saturated carbocycles. The molecule has 0 saturated heterocycles. The van der Waals surface area contributed by atoms with E-state index in [2.05, 4.69) is 15.7 Å². The number of hydrogen-bond donors (Lipinski definition) is 2. The summed E-state index contributed by atoms with van der Waals surface area (Å²) in [5.41, 5.74) is 5.16. The van der Waals surface area contributed by atoms with Crippen LogP contribution in [0.15, 0.2) is 0 Å². The monoisotopic (exact) mass is 173 g/mol. The highest BCUT2D eigenvalue weighted by atomic mass is 17.2. The topological polar surface area (TPSA) is 81.8 Å². The number of carboxylic acids is 1. The maximum Gasteiger partial charge on any atom is 0.320 e. The van der Waals surface area contributed by atoms with Gasteiger partial charge in [0.15, 0.2) is 0 Å². The molecule has 0 aromatic rings. The number of rotatable bonds is 6. The van der Waals surface area contributed by atoms with Crippen molar-refractivity contribution in [1.29, 1.82) is 0 Å². The predicted octanol–water partition coefficient (Wildman–Crippen LogP) is -0.630. The van der Waals surface area contributed by atoms with Crippen LogP contribution in [-0.2, 0) is 14.6 Å². The summed E-state index contributed by atoms with van der Waals surface area (Å²) in [7, 11) is 0. The molecule has 5 nitrogen and oxygen atoms in total. The lowest BCUT2D eigenvalue weighted by molar-refractivity contribution is -0.285. The average Bonchev–Trinajstić information content (AvgIpc) is 2.03. The second kappa shape index (κ2) is 6.61. The van der Waals surface area contributed by atoms with Crippen molar-refractivity contribution in [2.45, 2.75) is 12.5 Å². The van der Waals surface area contributed by atoms with E-state index in [1.54, 1.807) is 0 Å². The van der Waals surface area contributed by atoms with Gasteiger partial charge in [-0.25, -0.2) is 9.78 Å². The molecule has 5 heteroatoms. The van der Waals surface area contributed by atoms with Crippen LogP contribution in [0.3, 0.4) is 0 Å². The minimum Gasteiger partial charge on any atom is -0.480 e. The molecule has 0 aromatic carbocycles. The molecule has 0 aliphatic heterocycles. The highest BCUT2D eigenvalue weighted by Crippen LogP contribution is 1.89. The quantitative estimate of drug-likeness (QED) is 0.242. The molecule has 0 amide bonds. The fourth-order valence-corrected chi connectivity index (χ4v) is 0.433. The summed E-state index contributed by atoms with van der Waals surface area (Å²) in [6.07, 6.45) is 5.04. The Morgan fingerprint density at radius 3 is 2.83 bits per heavy atom. The molecule has 0 aliphatic rings. The van der Waals surface area contributed by atoms with Crippen LogP contribution in [-0.4, -0.2) is 30.3 Å². The first kappa shape index (κ1) is 10.9. The normalized spacial score (nSPS) is 12.0. The number of carbonyl (C=O) groups is 1. The van der Waals surface area contributed by atoms with Crippen LogP contribution in [0.4, 0.5) is 0 Å². The standard InChI is InChI=1S/C7H11NO4/c1-2-4-11-12-5-3-6(8)7(9)10/h1,6H,3-5,8H2,(H,9,10). The van der Waals surface area contributed by atoms with Crippen molar-refractivity contribution in [2.24, 2.45) is 5.73 Å². The lowest BCUT2D eigenvalue weighted by Gasteiger charge is -2.04. The second-order valence-corrected chi connectivity index (χ2v) is 2.02. The molecule has 0 aliphatic carbocycles. The third-order valence-electron chi connectivity index (χ3n) is 1.05. The van der Waals surface area contributed by atoms with Crippen molar-refractivity contribution < 1.29 is 19.7 Å². The predicted molar refractivity (Wildman–Crippen MR) is 41.0 cm³/mol. The van der Waals surface area contributed by atoms with Crippen LogP contribution in [0.5, 0.6) is 0 Å². The summed E-state index contributed by atoms with van der Waals surface area (Å²) in [6, 6.07) is -0.917. The minimum atomic E-state index is -1.06. The van der Waals surface area contributed by atoms with E-state index in [-0.39, 0.29) is 19.6 Å². The third kappa shape index (κ3) is 5.68. The van der Waals surface area contributed by atoms with Gasteiger partial charge < -0.3 is 10.8 Å². The molecule has 1 unspecified atom stereocenters. The molecule has 0 bridgehead atoms. The summed E-state index contributed by atoms with van der Waals surface area (Å²) >= 11 is 0. The van der Waals surface area contributed by atoms with Gasteiger partial charge in [0.1, 0.15) is 12.6 Å². The van der Waals surface area contributed by atoms with E-state index in [1.807, 2.05) is 0 Å². The largest absolute Gasteiger partial charge is 0.480 e. The second-order valence-electron chi connectivity index (χ2n) is 2.02. The van der Waals surface area contributed by atoms with Gasteiger partial charge >= 0.3 is 5.97 Å². The van der Waals surface area contributed by atoms with Gasteiger partial charge in [-0.3, -0.25) is 4.79 Å². The smallest absolute Gasteiger partial charge is 0.320 e. The molecule has 3 N–H and O–H groups in total. The van der Waals surface area contributed by atoms with Crippen LogP contribution in [0.1, 0.15) is 6.42 Å². The highest BCUT2D eigenvalue weighted by Gasteiger charge is 2.10. The van der Waals surface area contributed by atoms with E-state index in [0.29, 0.717) is 0 Å². The Morgan fingerprint density at radius 1 is 1.67 bits per heavy atom. The molecule has 12 heavy (non-hydrogen) atoms. The molecule has 0 heterocycles. The zero-order valence-electron chi connectivity index (χ0n) is 6.53. The van der Waals surface area contributed by atoms with Crippen LogP contribution in [0.25, 0.3) is 0 Å². The van der Waals surface area contributed by atoms with E-state index < -0.39 is 12.0 Å². The van der Waals surface area contributed by atoms with Crippen LogP contribution < -0.4 is 5.73 Å². The van der Waals surface area contributed by atoms with E-state index in [1.165, 1.54) is 0 Å². The molecule has 0 spiro atoms. The number of nitrogens with two attached hydrogens (primary N) is 1. The van der Waals surface area contributed by atoms with Crippen LogP contribution in [0.2, 0.25) is 0 Å². The zero-order chi connectivity index (χ0) is 9.40. The van der Waals surface area contributed by atoms with Gasteiger partial charge in [0.05, 0.1) is 6.61 Å². The Labute approximate surface area is 70.4 Å². The summed E-state index contributed by atoms with van der Waals surface area (Å²) in [5.74, 6) is 1.12. The fraction of sp³-hybridized carbons (Fsp3) is 0.571. The number of carboxylic acid groups (broad SMARTS) is 1. The molecular weight excluding hydrogens is 162 g/mol. The Kier molecular flexibility index (Phi) is 6.01. The number of hydrogen-bond acceptors (Lipinski definition) is 4. The highest BCUT2D eigenvalue weighted by molar-refractivity contribution is 5.72. The fourth-order valence-electron chi connectivity index (χ4n) is 0.433. The Bertz CT molecular complexity index is 175. The lowest BCUT2D eigenvalue weighted by Crippen LogP contribution is -2.31. The van der Waals surface area contributed by atoms with Gasteiger partial charge in [-0.15, -0.1) is 6.42 Å². The number of aliphatic carboxylic acids is 1. The summed E-state index contributed by atoms with van der Waals surface area (Å²) in [5, 5.41) is 8.33. The Balaban J connectivity index is 3.21. The Hall–Kier alpha value is -1.09. The molecule has 0 radical (unpaired) electrons. The maximum atomic E-state index is 10.2. The average molecular weight is 173 g/mol. The number of terminal acetylenes is 1. The van der Waals surface area contributed by atoms with Crippen molar-refractivity contribution in [2.75, 3.05) is 13.2 Å². The summed E-state index contributed by atoms with van der Waals surface area (Å²) in [4.78, 5) is 19.1. The van der Waals surface area contributed by atoms with E-state index >= 15 is 0 Å². The molecule has 0 aromatic heterocycles. The Morgan fingerprint density at radius 2 is 2.33 bits per heavy atom. The van der Waals surface area contributed by atoms with Crippen molar-refractivity contribution in [3.8, 4) is 12.3 Å². The van der Waals surface area contributed by atoms with Crippen LogP contribution in [0, 0.1) is 12.3 Å². The maximum absolute atomic E-state index is 10.2. The molecular formula is C7H11NO4. The van der Waals surface area contributed by atoms with Gasteiger partial charge in [-0.2, -0.15) is 0 Å². The summed E-state index contributed by atoms with van der Waals surface area (Å²) < 4.78 is 0. The third-order valence-corrected chi connectivity index (χ3v) is 1.05. The van der Waals surface area contributed by atoms with Crippen molar-refractivity contribution in [3.05, 3.63) is 0 Å². The molecule has 68 valence electrons. The van der Waals surface area contributed by atoms with Gasteiger partial charge in [-0.1, -0.05) is 5.92 Å². The molecule has 0 fully saturated rings. The first-order valence-electron chi connectivity index (χ1n) is 3.34. The van der Waals surface area contributed by atoms with Crippen molar-refractivity contribution in [1.82, 2.24) is 0 Å². The van der Waals surface area contributed by atoms with E-state index in [4.69, 9.17) is 17.3 Å². The zero-order valence-corrected chi connectivity index (χ0v) is 6.53. The van der Waals surface area contributed by atoms with Crippen molar-refractivity contribution in [3.63, 3.8) is 0 Å². The van der Waals surface area contributed by atoms with Gasteiger partial charge in [0.2, 0.25) is 0 Å². The molecule has 1 atom stereocenters. The van der Waals surface area contributed by atoms with Crippen molar-refractivity contribution >= 4 is 5.97 Å². The van der Waals surface area contributed by atoms with Gasteiger partial charge in [0, 0.05) is 0 Å². The lowest BCUT2D eigenvalue weighted by atomic mass is 10.2. The molecule has 0 rings (SSSR count). The van der Waals surface area contributed by atoms with E-state index in [0.717, 1.165) is 0 Å². The SMILES string of the molecule is C#CCOOCCC(N)C(=O)O. The summed E-state index contributed by atoms with van der Waals surface area (Å²) in [6.45, 7) is 0.164. The van der Waals surface area contributed by atoms with Gasteiger partial charge in [-0.05, 0) is 6.42 Å². The first-order chi connectivity index (χ1) is 5.68.